The summed E-state index contributed by atoms with van der Waals surface area (Å²) in [4.78, 5) is 2.18. The molecule has 0 bridgehead atoms. The van der Waals surface area contributed by atoms with E-state index in [0.29, 0.717) is 6.61 Å². The number of nitrogens with zero attached hydrogens (tertiary/aromatic N) is 2. The summed E-state index contributed by atoms with van der Waals surface area (Å²) in [5, 5.41) is 0. The molecule has 0 aliphatic carbocycles. The van der Waals surface area contributed by atoms with Crippen LogP contribution in [0.4, 0.5) is 0 Å². The summed E-state index contributed by atoms with van der Waals surface area (Å²) in [6.45, 7) is 12.9. The Balaban J connectivity index is 5.46. The molecule has 0 spiro atoms. The highest BCUT2D eigenvalue weighted by atomic mass is 32.2. The van der Waals surface area contributed by atoms with Crippen LogP contribution in [0.5, 0.6) is 0 Å². The van der Waals surface area contributed by atoms with Crippen LogP contribution in [0.1, 0.15) is 48.0 Å². The lowest BCUT2D eigenvalue weighted by molar-refractivity contribution is -0.00561. The third-order valence-corrected chi connectivity index (χ3v) is 5.85. The molecule has 0 rings (SSSR count). The first-order valence-corrected chi connectivity index (χ1v) is 9.68. The molecular weight excluding hydrogens is 300 g/mol. The van der Waals surface area contributed by atoms with Crippen molar-refractivity contribution in [1.82, 2.24) is 9.21 Å². The van der Waals surface area contributed by atoms with E-state index in [4.69, 9.17) is 4.74 Å². The lowest BCUT2D eigenvalue weighted by Gasteiger charge is -2.45. The van der Waals surface area contributed by atoms with Crippen molar-refractivity contribution < 1.29 is 13.2 Å². The summed E-state index contributed by atoms with van der Waals surface area (Å²) in [5.74, 6) is 0. The largest absolute Gasteiger partial charge is 0.377 e. The molecule has 5 nitrogen and oxygen atoms in total. The molecule has 0 aliphatic heterocycles. The smallest absolute Gasteiger partial charge is 0.211 e. The number of sulfonamides is 1. The zero-order chi connectivity index (χ0) is 17.9. The van der Waals surface area contributed by atoms with Gasteiger partial charge in [-0.1, -0.05) is 13.8 Å². The van der Waals surface area contributed by atoms with E-state index in [9.17, 15) is 8.42 Å². The van der Waals surface area contributed by atoms with Crippen molar-refractivity contribution >= 4 is 10.0 Å². The maximum Gasteiger partial charge on any atom is 0.211 e. The van der Waals surface area contributed by atoms with Crippen molar-refractivity contribution in [2.75, 3.05) is 34.0 Å². The summed E-state index contributed by atoms with van der Waals surface area (Å²) < 4.78 is 31.3. The highest BCUT2D eigenvalue weighted by Crippen LogP contribution is 2.36. The highest BCUT2D eigenvalue weighted by molar-refractivity contribution is 7.88. The second-order valence-electron chi connectivity index (χ2n) is 8.05. The van der Waals surface area contributed by atoms with Gasteiger partial charge >= 0.3 is 0 Å². The molecule has 1 unspecified atom stereocenters. The van der Waals surface area contributed by atoms with Gasteiger partial charge in [0.15, 0.2) is 0 Å². The van der Waals surface area contributed by atoms with Crippen molar-refractivity contribution in [3.8, 4) is 0 Å². The fourth-order valence-corrected chi connectivity index (χ4v) is 3.54. The highest BCUT2D eigenvalue weighted by Gasteiger charge is 2.40. The molecule has 0 radical (unpaired) electrons. The summed E-state index contributed by atoms with van der Waals surface area (Å²) in [6, 6.07) is -0.205. The molecule has 22 heavy (non-hydrogen) atoms. The molecule has 6 heteroatoms. The second kappa shape index (κ2) is 7.60. The van der Waals surface area contributed by atoms with Gasteiger partial charge in [-0.25, -0.2) is 8.42 Å². The van der Waals surface area contributed by atoms with Gasteiger partial charge in [0.2, 0.25) is 10.0 Å². The minimum atomic E-state index is -3.27. The second-order valence-corrected chi connectivity index (χ2v) is 10.1. The van der Waals surface area contributed by atoms with E-state index < -0.39 is 10.0 Å². The van der Waals surface area contributed by atoms with Crippen molar-refractivity contribution in [1.29, 1.82) is 0 Å². The van der Waals surface area contributed by atoms with Crippen LogP contribution < -0.4 is 0 Å². The SMILES string of the molecule is CC(C)OCC(N(C)S(C)(=O)=O)C(C)(C)CC(C)(C)N(C)C. The van der Waals surface area contributed by atoms with Gasteiger partial charge in [0.05, 0.1) is 25.0 Å². The lowest BCUT2D eigenvalue weighted by atomic mass is 9.74. The molecule has 0 amide bonds. The maximum absolute atomic E-state index is 12.0. The number of hydrogen-bond acceptors (Lipinski definition) is 4. The number of ether oxygens (including phenoxy) is 1. The number of likely N-dealkylation sites (N-methyl/N-ethyl adjacent to an activating group) is 1. The first kappa shape index (κ1) is 21.8. The molecule has 0 aromatic heterocycles. The third kappa shape index (κ3) is 6.52. The van der Waals surface area contributed by atoms with Crippen LogP contribution in [-0.2, 0) is 14.8 Å². The Morgan fingerprint density at radius 2 is 1.50 bits per heavy atom. The summed E-state index contributed by atoms with van der Waals surface area (Å²) in [7, 11) is 2.48. The molecule has 0 fully saturated rings. The number of rotatable bonds is 9. The minimum Gasteiger partial charge on any atom is -0.377 e. The van der Waals surface area contributed by atoms with Crippen LogP contribution in [-0.4, -0.2) is 69.3 Å². The monoisotopic (exact) mass is 336 g/mol. The Bertz CT molecular complexity index is 442. The quantitative estimate of drug-likeness (QED) is 0.649. The zero-order valence-corrected chi connectivity index (χ0v) is 16.9. The molecule has 134 valence electrons. The van der Waals surface area contributed by atoms with Crippen LogP contribution in [0.25, 0.3) is 0 Å². The Labute approximate surface area is 138 Å². The first-order valence-electron chi connectivity index (χ1n) is 7.83. The molecule has 0 aliphatic rings. The Morgan fingerprint density at radius 3 is 1.82 bits per heavy atom. The van der Waals surface area contributed by atoms with Crippen molar-refractivity contribution in [3.05, 3.63) is 0 Å². The normalized spacial score (nSPS) is 15.9. The summed E-state index contributed by atoms with van der Waals surface area (Å²) >= 11 is 0. The molecule has 0 aromatic rings. The van der Waals surface area contributed by atoms with Crippen molar-refractivity contribution in [2.45, 2.75) is 65.6 Å². The van der Waals surface area contributed by atoms with Crippen LogP contribution in [0.2, 0.25) is 0 Å². The fraction of sp³-hybridized carbons (Fsp3) is 1.00. The predicted molar refractivity (Wildman–Crippen MR) is 93.6 cm³/mol. The van der Waals surface area contributed by atoms with E-state index in [1.807, 2.05) is 13.8 Å². The summed E-state index contributed by atoms with van der Waals surface area (Å²) in [6.07, 6.45) is 2.19. The minimum absolute atomic E-state index is 0.0298. The van der Waals surface area contributed by atoms with E-state index in [2.05, 4.69) is 46.7 Å². The van der Waals surface area contributed by atoms with E-state index in [1.165, 1.54) is 10.6 Å². The summed E-state index contributed by atoms with van der Waals surface area (Å²) in [5.41, 5.74) is -0.252. The Morgan fingerprint density at radius 1 is 1.05 bits per heavy atom. The molecule has 0 heterocycles. The van der Waals surface area contributed by atoms with Gasteiger partial charge in [-0.15, -0.1) is 0 Å². The molecule has 0 saturated heterocycles. The molecular formula is C16H36N2O3S. The average molecular weight is 337 g/mol. The van der Waals surface area contributed by atoms with Gasteiger partial charge < -0.3 is 9.64 Å². The molecule has 1 atom stereocenters. The van der Waals surface area contributed by atoms with Gasteiger partial charge in [0.25, 0.3) is 0 Å². The lowest BCUT2D eigenvalue weighted by Crippen LogP contribution is -2.53. The van der Waals surface area contributed by atoms with Gasteiger partial charge in [0.1, 0.15) is 0 Å². The fourth-order valence-electron chi connectivity index (χ4n) is 2.73. The third-order valence-electron chi connectivity index (χ3n) is 4.55. The van der Waals surface area contributed by atoms with E-state index in [0.717, 1.165) is 6.42 Å². The topological polar surface area (TPSA) is 49.9 Å². The Hall–Kier alpha value is -0.170. The van der Waals surface area contributed by atoms with Crippen LogP contribution >= 0.6 is 0 Å². The average Bonchev–Trinajstić information content (AvgIpc) is 2.24. The zero-order valence-electron chi connectivity index (χ0n) is 16.1. The van der Waals surface area contributed by atoms with Gasteiger partial charge in [-0.3, -0.25) is 0 Å². The van der Waals surface area contributed by atoms with Crippen LogP contribution in [0.3, 0.4) is 0 Å². The van der Waals surface area contributed by atoms with Crippen molar-refractivity contribution in [3.63, 3.8) is 0 Å². The van der Waals surface area contributed by atoms with Gasteiger partial charge in [-0.05, 0) is 53.6 Å². The Kier molecular flexibility index (Phi) is 7.54. The molecule has 0 saturated carbocycles. The predicted octanol–water partition coefficient (Wildman–Crippen LogP) is 2.43. The standard InChI is InChI=1S/C16H36N2O3S/c1-13(2)21-11-14(18(9)22(10,19)20)15(3,4)12-16(5,6)17(7)8/h13-14H,11-12H2,1-10H3. The van der Waals surface area contributed by atoms with Gasteiger partial charge in [-0.2, -0.15) is 4.31 Å². The number of hydrogen-bond donors (Lipinski definition) is 0. The van der Waals surface area contributed by atoms with E-state index >= 15 is 0 Å². The van der Waals surface area contributed by atoms with Gasteiger partial charge in [0, 0.05) is 12.6 Å². The molecule has 0 N–H and O–H groups in total. The van der Waals surface area contributed by atoms with E-state index in [-0.39, 0.29) is 23.1 Å². The maximum atomic E-state index is 12.0. The molecule has 0 aromatic carbocycles. The van der Waals surface area contributed by atoms with Crippen LogP contribution in [0, 0.1) is 5.41 Å². The first-order chi connectivity index (χ1) is 9.61. The van der Waals surface area contributed by atoms with E-state index in [1.54, 1.807) is 7.05 Å². The van der Waals surface area contributed by atoms with Crippen LogP contribution in [0.15, 0.2) is 0 Å². The van der Waals surface area contributed by atoms with Crippen molar-refractivity contribution in [2.24, 2.45) is 5.41 Å².